The molecule has 2 rings (SSSR count). The van der Waals surface area contributed by atoms with E-state index in [1.807, 2.05) is 12.1 Å². The number of aryl methyl sites for hydroxylation is 4. The molecule has 0 unspecified atom stereocenters. The standard InChI is InChI=1S/C22H26O7/c1-6-25-13-18(26-28-21(23)19-14(2)9-7-10-15(19)3)27-29-22(24)20-16(4)11-8-12-17(20)5/h7-12,18H,6,13H2,1-5H3. The van der Waals surface area contributed by atoms with Crippen molar-refractivity contribution < 1.29 is 33.9 Å². The van der Waals surface area contributed by atoms with Gasteiger partial charge in [-0.1, -0.05) is 36.4 Å². The van der Waals surface area contributed by atoms with Crippen molar-refractivity contribution in [2.75, 3.05) is 13.2 Å². The molecule has 156 valence electrons. The Labute approximate surface area is 170 Å². The molecule has 0 amide bonds. The summed E-state index contributed by atoms with van der Waals surface area (Å²) in [5.74, 6) is -1.35. The van der Waals surface area contributed by atoms with Gasteiger partial charge in [0.1, 0.15) is 6.61 Å². The van der Waals surface area contributed by atoms with Crippen LogP contribution < -0.4 is 0 Å². The second-order valence-electron chi connectivity index (χ2n) is 6.56. The van der Waals surface area contributed by atoms with Gasteiger partial charge in [-0.05, 0) is 56.9 Å². The fourth-order valence-electron chi connectivity index (χ4n) is 2.84. The van der Waals surface area contributed by atoms with Crippen molar-refractivity contribution in [3.8, 4) is 0 Å². The van der Waals surface area contributed by atoms with Crippen LogP contribution in [0.3, 0.4) is 0 Å². The molecular formula is C22H26O7. The molecule has 0 spiro atoms. The van der Waals surface area contributed by atoms with E-state index in [9.17, 15) is 9.59 Å². The Balaban J connectivity index is 2.00. The largest absolute Gasteiger partial charge is 0.376 e. The maximum atomic E-state index is 12.4. The first-order valence-corrected chi connectivity index (χ1v) is 9.30. The maximum absolute atomic E-state index is 12.4. The number of carbonyl (C=O) groups is 2. The van der Waals surface area contributed by atoms with Crippen LogP contribution in [0.5, 0.6) is 0 Å². The second kappa shape index (κ2) is 10.7. The number of ether oxygens (including phenoxy) is 1. The van der Waals surface area contributed by atoms with Crippen molar-refractivity contribution in [1.82, 2.24) is 0 Å². The summed E-state index contributed by atoms with van der Waals surface area (Å²) < 4.78 is 5.23. The quantitative estimate of drug-likeness (QED) is 0.354. The topological polar surface area (TPSA) is 80.3 Å². The zero-order chi connectivity index (χ0) is 21.4. The molecule has 0 radical (unpaired) electrons. The molecule has 29 heavy (non-hydrogen) atoms. The van der Waals surface area contributed by atoms with Crippen molar-refractivity contribution in [2.45, 2.75) is 40.9 Å². The third-order valence-corrected chi connectivity index (χ3v) is 4.29. The van der Waals surface area contributed by atoms with Crippen LogP contribution in [0.4, 0.5) is 0 Å². The number of hydrogen-bond acceptors (Lipinski definition) is 7. The third kappa shape index (κ3) is 6.12. The summed E-state index contributed by atoms with van der Waals surface area (Å²) in [5.41, 5.74) is 3.81. The molecule has 2 aromatic rings. The SMILES string of the molecule is CCOCC(OOC(=O)c1c(C)cccc1C)OOC(=O)c1c(C)cccc1C. The van der Waals surface area contributed by atoms with E-state index in [0.29, 0.717) is 17.7 Å². The van der Waals surface area contributed by atoms with Crippen LogP contribution >= 0.6 is 0 Å². The van der Waals surface area contributed by atoms with E-state index in [-0.39, 0.29) is 6.61 Å². The van der Waals surface area contributed by atoms with Gasteiger partial charge < -0.3 is 4.74 Å². The molecule has 0 heterocycles. The van der Waals surface area contributed by atoms with Gasteiger partial charge in [-0.25, -0.2) is 9.59 Å². The molecule has 0 aromatic heterocycles. The van der Waals surface area contributed by atoms with Crippen molar-refractivity contribution in [3.05, 3.63) is 69.8 Å². The Morgan fingerprint density at radius 1 is 0.759 bits per heavy atom. The number of benzene rings is 2. The Morgan fingerprint density at radius 3 is 1.48 bits per heavy atom. The molecule has 0 N–H and O–H groups in total. The average molecular weight is 402 g/mol. The lowest BCUT2D eigenvalue weighted by Gasteiger charge is -2.16. The summed E-state index contributed by atoms with van der Waals surface area (Å²) in [5, 5.41) is 0. The molecule has 0 aliphatic heterocycles. The van der Waals surface area contributed by atoms with Crippen molar-refractivity contribution in [1.29, 1.82) is 0 Å². The molecule has 2 aromatic carbocycles. The lowest BCUT2D eigenvalue weighted by Crippen LogP contribution is -2.27. The summed E-state index contributed by atoms with van der Waals surface area (Å²) >= 11 is 0. The van der Waals surface area contributed by atoms with Gasteiger partial charge in [-0.3, -0.25) is 9.78 Å². The Hall–Kier alpha value is -2.74. The fraction of sp³-hybridized carbons (Fsp3) is 0.364. The van der Waals surface area contributed by atoms with Gasteiger partial charge in [0.15, 0.2) is 0 Å². The van der Waals surface area contributed by atoms with Crippen LogP contribution in [0.1, 0.15) is 49.9 Å². The summed E-state index contributed by atoms with van der Waals surface area (Å²) in [4.78, 5) is 44.6. The van der Waals surface area contributed by atoms with E-state index >= 15 is 0 Å². The first-order valence-electron chi connectivity index (χ1n) is 9.30. The summed E-state index contributed by atoms with van der Waals surface area (Å²) in [6.07, 6.45) is -1.24. The zero-order valence-corrected chi connectivity index (χ0v) is 17.3. The Morgan fingerprint density at radius 2 is 1.14 bits per heavy atom. The maximum Gasteiger partial charge on any atom is 0.373 e. The summed E-state index contributed by atoms with van der Waals surface area (Å²) in [6, 6.07) is 10.9. The minimum atomic E-state index is -1.24. The van der Waals surface area contributed by atoms with E-state index < -0.39 is 18.2 Å². The van der Waals surface area contributed by atoms with Gasteiger partial charge in [0.05, 0.1) is 11.1 Å². The zero-order valence-electron chi connectivity index (χ0n) is 17.3. The summed E-state index contributed by atoms with van der Waals surface area (Å²) in [6.45, 7) is 9.24. The molecule has 0 saturated heterocycles. The van der Waals surface area contributed by atoms with Crippen molar-refractivity contribution in [2.24, 2.45) is 0 Å². The monoisotopic (exact) mass is 402 g/mol. The predicted octanol–water partition coefficient (Wildman–Crippen LogP) is 4.16. The van der Waals surface area contributed by atoms with Crippen LogP contribution in [0.15, 0.2) is 36.4 Å². The minimum absolute atomic E-state index is 0.101. The van der Waals surface area contributed by atoms with Gasteiger partial charge >= 0.3 is 11.9 Å². The first-order chi connectivity index (χ1) is 13.8. The molecule has 0 aliphatic carbocycles. The van der Waals surface area contributed by atoms with E-state index in [1.54, 1.807) is 58.9 Å². The van der Waals surface area contributed by atoms with Crippen LogP contribution in [0, 0.1) is 27.7 Å². The molecule has 0 fully saturated rings. The highest BCUT2D eigenvalue weighted by molar-refractivity contribution is 5.92. The molecular weight excluding hydrogens is 376 g/mol. The normalized spacial score (nSPS) is 10.8. The van der Waals surface area contributed by atoms with Crippen molar-refractivity contribution in [3.63, 3.8) is 0 Å². The fourth-order valence-corrected chi connectivity index (χ4v) is 2.84. The van der Waals surface area contributed by atoms with Crippen LogP contribution in [0.2, 0.25) is 0 Å². The molecule has 0 saturated carbocycles. The number of rotatable bonds is 9. The molecule has 0 atom stereocenters. The number of hydrogen-bond donors (Lipinski definition) is 0. The highest BCUT2D eigenvalue weighted by atomic mass is 17.3. The highest BCUT2D eigenvalue weighted by Gasteiger charge is 2.22. The molecule has 0 bridgehead atoms. The van der Waals surface area contributed by atoms with Crippen molar-refractivity contribution >= 4 is 11.9 Å². The Kier molecular flexibility index (Phi) is 8.33. The van der Waals surface area contributed by atoms with Crippen LogP contribution in [-0.4, -0.2) is 31.4 Å². The molecule has 7 heteroatoms. The van der Waals surface area contributed by atoms with Crippen LogP contribution in [0.25, 0.3) is 0 Å². The first kappa shape index (κ1) is 22.5. The molecule has 7 nitrogen and oxygen atoms in total. The highest BCUT2D eigenvalue weighted by Crippen LogP contribution is 2.17. The average Bonchev–Trinajstić information content (AvgIpc) is 2.67. The van der Waals surface area contributed by atoms with Gasteiger partial charge in [-0.2, -0.15) is 0 Å². The Bertz CT molecular complexity index is 752. The second-order valence-corrected chi connectivity index (χ2v) is 6.56. The van der Waals surface area contributed by atoms with E-state index in [2.05, 4.69) is 0 Å². The predicted molar refractivity (Wildman–Crippen MR) is 105 cm³/mol. The third-order valence-electron chi connectivity index (χ3n) is 4.29. The van der Waals surface area contributed by atoms with E-state index in [1.165, 1.54) is 0 Å². The van der Waals surface area contributed by atoms with Gasteiger partial charge in [0, 0.05) is 6.61 Å². The van der Waals surface area contributed by atoms with Gasteiger partial charge in [0.25, 0.3) is 6.29 Å². The smallest absolute Gasteiger partial charge is 0.373 e. The van der Waals surface area contributed by atoms with E-state index in [4.69, 9.17) is 24.3 Å². The molecule has 0 aliphatic rings. The van der Waals surface area contributed by atoms with Gasteiger partial charge in [0.2, 0.25) is 0 Å². The number of carbonyl (C=O) groups excluding carboxylic acids is 2. The van der Waals surface area contributed by atoms with Crippen LogP contribution in [-0.2, 0) is 24.3 Å². The lowest BCUT2D eigenvalue weighted by atomic mass is 10.0. The summed E-state index contributed by atoms with van der Waals surface area (Å²) in [7, 11) is 0. The minimum Gasteiger partial charge on any atom is -0.376 e. The van der Waals surface area contributed by atoms with E-state index in [0.717, 1.165) is 22.3 Å². The van der Waals surface area contributed by atoms with Gasteiger partial charge in [-0.15, -0.1) is 9.78 Å². The lowest BCUT2D eigenvalue weighted by molar-refractivity contribution is -0.426.